The molecule has 1 aromatic heterocycles. The lowest BCUT2D eigenvalue weighted by Crippen LogP contribution is -2.25. The van der Waals surface area contributed by atoms with Crippen LogP contribution in [0.5, 0.6) is 0 Å². The standard InChI is InChI=1S/C12H20N2OS/c1-9(2)11-14-6-10(16-11)5-13-7-12(8-15)3-4-12/h6,9,13,15H,3-5,7-8H2,1-2H3. The van der Waals surface area contributed by atoms with Crippen LogP contribution in [0.25, 0.3) is 0 Å². The van der Waals surface area contributed by atoms with Crippen LogP contribution in [0.2, 0.25) is 0 Å². The third kappa shape index (κ3) is 2.81. The van der Waals surface area contributed by atoms with Crippen LogP contribution in [0.3, 0.4) is 0 Å². The first kappa shape index (κ1) is 12.0. The van der Waals surface area contributed by atoms with Crippen molar-refractivity contribution in [1.82, 2.24) is 10.3 Å². The molecule has 1 saturated carbocycles. The predicted molar refractivity (Wildman–Crippen MR) is 66.7 cm³/mol. The average molecular weight is 240 g/mol. The van der Waals surface area contributed by atoms with Gasteiger partial charge in [0.1, 0.15) is 0 Å². The molecule has 0 aliphatic heterocycles. The summed E-state index contributed by atoms with van der Waals surface area (Å²) < 4.78 is 0. The van der Waals surface area contributed by atoms with Crippen LogP contribution in [0.1, 0.15) is 42.5 Å². The summed E-state index contributed by atoms with van der Waals surface area (Å²) in [6.45, 7) is 6.46. The highest BCUT2D eigenvalue weighted by Gasteiger charge is 2.41. The van der Waals surface area contributed by atoms with E-state index in [9.17, 15) is 5.11 Å². The second-order valence-corrected chi connectivity index (χ2v) is 6.23. The van der Waals surface area contributed by atoms with Gasteiger partial charge in [-0.1, -0.05) is 13.8 Å². The highest BCUT2D eigenvalue weighted by molar-refractivity contribution is 7.11. The summed E-state index contributed by atoms with van der Waals surface area (Å²) >= 11 is 1.78. The molecule has 0 amide bonds. The molecule has 0 saturated heterocycles. The smallest absolute Gasteiger partial charge is 0.0953 e. The van der Waals surface area contributed by atoms with Gasteiger partial charge in [0.05, 0.1) is 5.01 Å². The van der Waals surface area contributed by atoms with Crippen molar-refractivity contribution < 1.29 is 5.11 Å². The number of aliphatic hydroxyl groups excluding tert-OH is 1. The summed E-state index contributed by atoms with van der Waals surface area (Å²) in [7, 11) is 0. The van der Waals surface area contributed by atoms with E-state index in [1.807, 2.05) is 6.20 Å². The van der Waals surface area contributed by atoms with E-state index in [2.05, 4.69) is 24.1 Å². The zero-order valence-corrected chi connectivity index (χ0v) is 10.8. The van der Waals surface area contributed by atoms with Crippen molar-refractivity contribution in [3.8, 4) is 0 Å². The Hall–Kier alpha value is -0.450. The van der Waals surface area contributed by atoms with Crippen molar-refractivity contribution in [2.45, 2.75) is 39.2 Å². The lowest BCUT2D eigenvalue weighted by molar-refractivity contribution is 0.207. The molecule has 0 radical (unpaired) electrons. The lowest BCUT2D eigenvalue weighted by Gasteiger charge is -2.11. The molecule has 1 aliphatic rings. The van der Waals surface area contributed by atoms with E-state index in [1.54, 1.807) is 11.3 Å². The molecule has 1 fully saturated rings. The zero-order chi connectivity index (χ0) is 11.6. The third-order valence-corrected chi connectivity index (χ3v) is 4.45. The number of hydrogen-bond acceptors (Lipinski definition) is 4. The SMILES string of the molecule is CC(C)c1ncc(CNCC2(CO)CC2)s1. The molecule has 2 N–H and O–H groups in total. The minimum absolute atomic E-state index is 0.200. The molecule has 0 bridgehead atoms. The molecule has 0 spiro atoms. The Morgan fingerprint density at radius 3 is 2.81 bits per heavy atom. The second-order valence-electron chi connectivity index (χ2n) is 5.08. The van der Waals surface area contributed by atoms with Gasteiger partial charge in [-0.25, -0.2) is 4.98 Å². The summed E-state index contributed by atoms with van der Waals surface area (Å²) in [6.07, 6.45) is 4.29. The number of nitrogens with zero attached hydrogens (tertiary/aromatic N) is 1. The van der Waals surface area contributed by atoms with Gasteiger partial charge in [-0.05, 0) is 12.8 Å². The Bertz CT molecular complexity index is 345. The summed E-state index contributed by atoms with van der Waals surface area (Å²) in [5.41, 5.74) is 0.200. The van der Waals surface area contributed by atoms with Crippen LogP contribution in [0, 0.1) is 5.41 Å². The molecule has 1 aliphatic carbocycles. The molecule has 16 heavy (non-hydrogen) atoms. The number of hydrogen-bond donors (Lipinski definition) is 2. The van der Waals surface area contributed by atoms with Crippen molar-refractivity contribution >= 4 is 11.3 Å². The van der Waals surface area contributed by atoms with Gasteiger partial charge in [0.2, 0.25) is 0 Å². The van der Waals surface area contributed by atoms with Gasteiger partial charge in [-0.3, -0.25) is 0 Å². The first-order valence-corrected chi connectivity index (χ1v) is 6.73. The lowest BCUT2D eigenvalue weighted by atomic mass is 10.1. The minimum atomic E-state index is 0.200. The number of nitrogens with one attached hydrogen (secondary N) is 1. The first-order valence-electron chi connectivity index (χ1n) is 5.91. The van der Waals surface area contributed by atoms with Crippen molar-refractivity contribution in [3.63, 3.8) is 0 Å². The average Bonchev–Trinajstić information content (AvgIpc) is 2.88. The Kier molecular flexibility index (Phi) is 3.62. The van der Waals surface area contributed by atoms with Gasteiger partial charge in [0, 0.05) is 42.1 Å². The molecule has 2 rings (SSSR count). The third-order valence-electron chi connectivity index (χ3n) is 3.16. The topological polar surface area (TPSA) is 45.2 Å². The van der Waals surface area contributed by atoms with Crippen molar-refractivity contribution in [2.75, 3.05) is 13.2 Å². The number of thiazole rings is 1. The second kappa shape index (κ2) is 4.82. The van der Waals surface area contributed by atoms with Crippen LogP contribution in [0.15, 0.2) is 6.20 Å². The van der Waals surface area contributed by atoms with E-state index >= 15 is 0 Å². The van der Waals surface area contributed by atoms with Crippen LogP contribution in [-0.2, 0) is 6.54 Å². The van der Waals surface area contributed by atoms with Gasteiger partial charge in [0.15, 0.2) is 0 Å². The zero-order valence-electron chi connectivity index (χ0n) is 9.99. The molecule has 0 unspecified atom stereocenters. The highest BCUT2D eigenvalue weighted by atomic mass is 32.1. The van der Waals surface area contributed by atoms with E-state index in [1.165, 1.54) is 9.88 Å². The Balaban J connectivity index is 1.77. The fraction of sp³-hybridized carbons (Fsp3) is 0.750. The maximum absolute atomic E-state index is 9.18. The van der Waals surface area contributed by atoms with E-state index in [-0.39, 0.29) is 5.41 Å². The van der Waals surface area contributed by atoms with Crippen molar-refractivity contribution in [1.29, 1.82) is 0 Å². The van der Waals surface area contributed by atoms with Gasteiger partial charge in [-0.15, -0.1) is 11.3 Å². The molecule has 4 heteroatoms. The Labute approximate surface area is 101 Å². The first-order chi connectivity index (χ1) is 7.65. The van der Waals surface area contributed by atoms with Crippen molar-refractivity contribution in [2.24, 2.45) is 5.41 Å². The van der Waals surface area contributed by atoms with E-state index in [4.69, 9.17) is 0 Å². The van der Waals surface area contributed by atoms with Crippen LogP contribution < -0.4 is 5.32 Å². The summed E-state index contributed by atoms with van der Waals surface area (Å²) in [5, 5.41) is 13.8. The molecule has 0 aromatic carbocycles. The van der Waals surface area contributed by atoms with Crippen LogP contribution in [0.4, 0.5) is 0 Å². The van der Waals surface area contributed by atoms with Crippen LogP contribution in [-0.4, -0.2) is 23.2 Å². The normalized spacial score (nSPS) is 18.0. The van der Waals surface area contributed by atoms with Crippen LogP contribution >= 0.6 is 11.3 Å². The molecule has 90 valence electrons. The summed E-state index contributed by atoms with van der Waals surface area (Å²) in [4.78, 5) is 5.68. The predicted octanol–water partition coefficient (Wildman–Crippen LogP) is 2.13. The van der Waals surface area contributed by atoms with Crippen molar-refractivity contribution in [3.05, 3.63) is 16.1 Å². The number of rotatable bonds is 6. The quantitative estimate of drug-likeness (QED) is 0.800. The largest absolute Gasteiger partial charge is 0.396 e. The van der Waals surface area contributed by atoms with Gasteiger partial charge in [0.25, 0.3) is 0 Å². The maximum Gasteiger partial charge on any atom is 0.0953 e. The summed E-state index contributed by atoms with van der Waals surface area (Å²) in [5.74, 6) is 0.519. The molecule has 1 heterocycles. The summed E-state index contributed by atoms with van der Waals surface area (Å²) in [6, 6.07) is 0. The highest BCUT2D eigenvalue weighted by Crippen LogP contribution is 2.44. The molecule has 3 nitrogen and oxygen atoms in total. The van der Waals surface area contributed by atoms with Gasteiger partial charge < -0.3 is 10.4 Å². The fourth-order valence-electron chi connectivity index (χ4n) is 1.69. The van der Waals surface area contributed by atoms with Gasteiger partial charge in [-0.2, -0.15) is 0 Å². The van der Waals surface area contributed by atoms with E-state index < -0.39 is 0 Å². The minimum Gasteiger partial charge on any atom is -0.396 e. The molecule has 0 atom stereocenters. The molecular weight excluding hydrogens is 220 g/mol. The van der Waals surface area contributed by atoms with Gasteiger partial charge >= 0.3 is 0 Å². The maximum atomic E-state index is 9.18. The van der Waals surface area contributed by atoms with E-state index in [0.717, 1.165) is 25.9 Å². The molecule has 1 aromatic rings. The van der Waals surface area contributed by atoms with E-state index in [0.29, 0.717) is 12.5 Å². The Morgan fingerprint density at radius 1 is 1.56 bits per heavy atom. The fourth-order valence-corrected chi connectivity index (χ4v) is 2.58. The Morgan fingerprint density at radius 2 is 2.31 bits per heavy atom. The monoisotopic (exact) mass is 240 g/mol. The number of aromatic nitrogens is 1. The molecular formula is C12H20N2OS. The number of aliphatic hydroxyl groups is 1.